The highest BCUT2D eigenvalue weighted by molar-refractivity contribution is 6.32. The Kier molecular flexibility index (Phi) is 5.08. The Morgan fingerprint density at radius 3 is 2.60 bits per heavy atom. The normalized spacial score (nSPS) is 20.0. The third-order valence-corrected chi connectivity index (χ3v) is 4.98. The minimum atomic E-state index is -1.05. The number of methoxy groups -OCH3 is 1. The lowest BCUT2D eigenvalue weighted by Crippen LogP contribution is -2.43. The van der Waals surface area contributed by atoms with Crippen LogP contribution in [0.4, 0.5) is 15.8 Å². The highest BCUT2D eigenvalue weighted by atomic mass is 35.5. The Hall–Kier alpha value is -3.53. The number of hydrogen-bond acceptors (Lipinski definition) is 7. The van der Waals surface area contributed by atoms with Crippen molar-refractivity contribution in [1.82, 2.24) is 5.01 Å². The summed E-state index contributed by atoms with van der Waals surface area (Å²) in [4.78, 5) is 38.8. The number of ether oxygens (including phenoxy) is 1. The quantitative estimate of drug-likeness (QED) is 0.732. The van der Waals surface area contributed by atoms with Crippen LogP contribution < -0.4 is 15.0 Å². The van der Waals surface area contributed by atoms with E-state index in [2.05, 4.69) is 15.7 Å². The van der Waals surface area contributed by atoms with Crippen molar-refractivity contribution in [2.45, 2.75) is 12.1 Å². The molecular formula is C19H15ClFN5O4. The summed E-state index contributed by atoms with van der Waals surface area (Å²) >= 11 is 6.04. The monoisotopic (exact) mass is 431 g/mol. The van der Waals surface area contributed by atoms with E-state index in [0.29, 0.717) is 16.5 Å². The van der Waals surface area contributed by atoms with E-state index in [-0.39, 0.29) is 12.2 Å². The van der Waals surface area contributed by atoms with E-state index in [9.17, 15) is 18.8 Å². The van der Waals surface area contributed by atoms with Gasteiger partial charge in [0.1, 0.15) is 18.1 Å². The number of hydrogen-bond donors (Lipinski definition) is 1. The molecule has 11 heteroatoms. The summed E-state index contributed by atoms with van der Waals surface area (Å²) in [7, 11) is 1.48. The molecule has 0 aliphatic carbocycles. The lowest BCUT2D eigenvalue weighted by atomic mass is 10.1. The SMILES string of the molecule is COc1ccc(NC(=O)CN2N=NC3C(=O)N(c4ccc(F)cc4)C(=O)C32)cc1Cl. The second kappa shape index (κ2) is 7.71. The van der Waals surface area contributed by atoms with Gasteiger partial charge in [-0.25, -0.2) is 9.29 Å². The summed E-state index contributed by atoms with van der Waals surface area (Å²) < 4.78 is 18.2. The zero-order valence-electron chi connectivity index (χ0n) is 15.6. The predicted molar refractivity (Wildman–Crippen MR) is 105 cm³/mol. The van der Waals surface area contributed by atoms with E-state index in [4.69, 9.17) is 16.3 Å². The average Bonchev–Trinajstić information content (AvgIpc) is 3.23. The number of carbonyl (C=O) groups is 3. The number of imide groups is 1. The van der Waals surface area contributed by atoms with Crippen molar-refractivity contribution in [1.29, 1.82) is 0 Å². The zero-order valence-corrected chi connectivity index (χ0v) is 16.3. The number of anilines is 2. The maximum Gasteiger partial charge on any atom is 0.263 e. The van der Waals surface area contributed by atoms with Gasteiger partial charge in [-0.05, 0) is 42.5 Å². The smallest absolute Gasteiger partial charge is 0.263 e. The minimum absolute atomic E-state index is 0.230. The molecule has 2 heterocycles. The Balaban J connectivity index is 1.46. The van der Waals surface area contributed by atoms with Gasteiger partial charge in [0.15, 0.2) is 12.1 Å². The van der Waals surface area contributed by atoms with Crippen LogP contribution in [-0.4, -0.2) is 48.5 Å². The highest BCUT2D eigenvalue weighted by Gasteiger charge is 2.55. The molecule has 9 nitrogen and oxygen atoms in total. The number of halogens is 2. The van der Waals surface area contributed by atoms with Crippen molar-refractivity contribution in [3.8, 4) is 5.75 Å². The summed E-state index contributed by atoms with van der Waals surface area (Å²) in [5.41, 5.74) is 0.661. The number of amides is 3. The van der Waals surface area contributed by atoms with Crippen LogP contribution in [0.25, 0.3) is 0 Å². The van der Waals surface area contributed by atoms with E-state index < -0.39 is 35.6 Å². The van der Waals surface area contributed by atoms with Crippen LogP contribution in [0.3, 0.4) is 0 Å². The summed E-state index contributed by atoms with van der Waals surface area (Å²) in [5.74, 6) is -1.67. The molecule has 1 N–H and O–H groups in total. The Morgan fingerprint density at radius 2 is 1.93 bits per heavy atom. The summed E-state index contributed by atoms with van der Waals surface area (Å²) in [6.45, 7) is -0.301. The first kappa shape index (κ1) is 19.8. The van der Waals surface area contributed by atoms with Gasteiger partial charge in [-0.2, -0.15) is 5.11 Å². The van der Waals surface area contributed by atoms with Crippen molar-refractivity contribution in [2.24, 2.45) is 10.3 Å². The number of rotatable bonds is 5. The first-order chi connectivity index (χ1) is 14.4. The molecule has 2 unspecified atom stereocenters. The number of carbonyl (C=O) groups excluding carboxylic acids is 3. The van der Waals surface area contributed by atoms with E-state index in [1.165, 1.54) is 25.3 Å². The van der Waals surface area contributed by atoms with E-state index in [1.54, 1.807) is 12.1 Å². The van der Waals surface area contributed by atoms with Crippen molar-refractivity contribution in [3.05, 3.63) is 53.3 Å². The number of nitrogens with zero attached hydrogens (tertiary/aromatic N) is 4. The van der Waals surface area contributed by atoms with Crippen LogP contribution in [0.5, 0.6) is 5.75 Å². The molecule has 2 aromatic carbocycles. The molecule has 30 heavy (non-hydrogen) atoms. The fourth-order valence-electron chi connectivity index (χ4n) is 3.29. The molecular weight excluding hydrogens is 417 g/mol. The largest absolute Gasteiger partial charge is 0.495 e. The van der Waals surface area contributed by atoms with E-state index >= 15 is 0 Å². The van der Waals surface area contributed by atoms with Gasteiger partial charge in [-0.1, -0.05) is 16.8 Å². The Labute approximate surface area is 175 Å². The molecule has 0 bridgehead atoms. The van der Waals surface area contributed by atoms with E-state index in [0.717, 1.165) is 22.0 Å². The molecule has 0 spiro atoms. The topological polar surface area (TPSA) is 104 Å². The standard InChI is InChI=1S/C19H15ClFN5O4/c1-30-14-7-4-11(8-13(14)20)22-15(27)9-25-17-16(23-24-25)18(28)26(19(17)29)12-5-2-10(21)3-6-12/h2-8,16-17H,9H2,1H3,(H,22,27). The van der Waals surface area contributed by atoms with Crippen LogP contribution in [0, 0.1) is 5.82 Å². The van der Waals surface area contributed by atoms with Gasteiger partial charge >= 0.3 is 0 Å². The highest BCUT2D eigenvalue weighted by Crippen LogP contribution is 2.32. The first-order valence-electron chi connectivity index (χ1n) is 8.83. The maximum absolute atomic E-state index is 13.2. The zero-order chi connectivity index (χ0) is 21.4. The van der Waals surface area contributed by atoms with Crippen molar-refractivity contribution in [2.75, 3.05) is 23.9 Å². The summed E-state index contributed by atoms with van der Waals surface area (Å²) in [5, 5.41) is 11.8. The van der Waals surface area contributed by atoms with Crippen molar-refractivity contribution < 1.29 is 23.5 Å². The van der Waals surface area contributed by atoms with Crippen LogP contribution in [0.2, 0.25) is 5.02 Å². The second-order valence-corrected chi connectivity index (χ2v) is 6.99. The third kappa shape index (κ3) is 3.45. The molecule has 2 aliphatic heterocycles. The summed E-state index contributed by atoms with van der Waals surface area (Å²) in [6, 6.07) is 7.60. The molecule has 4 rings (SSSR count). The predicted octanol–water partition coefficient (Wildman–Crippen LogP) is 2.42. The van der Waals surface area contributed by atoms with Crippen LogP contribution in [0.1, 0.15) is 0 Å². The molecule has 0 radical (unpaired) electrons. The van der Waals surface area contributed by atoms with Gasteiger partial charge in [0.25, 0.3) is 11.8 Å². The lowest BCUT2D eigenvalue weighted by molar-refractivity contribution is -0.123. The van der Waals surface area contributed by atoms with Gasteiger partial charge in [0.05, 0.1) is 17.8 Å². The molecule has 2 atom stereocenters. The molecule has 0 aromatic heterocycles. The number of fused-ring (bicyclic) bond motifs is 1. The third-order valence-electron chi connectivity index (χ3n) is 4.68. The molecule has 3 amide bonds. The molecule has 2 aliphatic rings. The van der Waals surface area contributed by atoms with Gasteiger partial charge in [0.2, 0.25) is 5.91 Å². The fourth-order valence-corrected chi connectivity index (χ4v) is 3.55. The van der Waals surface area contributed by atoms with Gasteiger partial charge in [-0.3, -0.25) is 19.4 Å². The minimum Gasteiger partial charge on any atom is -0.495 e. The first-order valence-corrected chi connectivity index (χ1v) is 9.21. The van der Waals surface area contributed by atoms with Gasteiger partial charge < -0.3 is 10.1 Å². The molecule has 1 saturated heterocycles. The van der Waals surface area contributed by atoms with Crippen molar-refractivity contribution in [3.63, 3.8) is 0 Å². The molecule has 154 valence electrons. The number of nitrogens with one attached hydrogen (secondary N) is 1. The van der Waals surface area contributed by atoms with Crippen LogP contribution >= 0.6 is 11.6 Å². The van der Waals surface area contributed by atoms with Gasteiger partial charge in [-0.15, -0.1) is 0 Å². The molecule has 0 saturated carbocycles. The van der Waals surface area contributed by atoms with E-state index in [1.807, 2.05) is 0 Å². The van der Waals surface area contributed by atoms with Crippen molar-refractivity contribution >= 4 is 40.7 Å². The molecule has 1 fully saturated rings. The van der Waals surface area contributed by atoms with Crippen LogP contribution in [-0.2, 0) is 14.4 Å². The lowest BCUT2D eigenvalue weighted by Gasteiger charge is -2.20. The Bertz CT molecular complexity index is 1060. The average molecular weight is 432 g/mol. The Morgan fingerprint density at radius 1 is 1.20 bits per heavy atom. The number of benzene rings is 2. The summed E-state index contributed by atoms with van der Waals surface area (Å²) in [6.07, 6.45) is 0. The fraction of sp³-hybridized carbons (Fsp3) is 0.211. The van der Waals surface area contributed by atoms with Gasteiger partial charge in [0, 0.05) is 5.69 Å². The van der Waals surface area contributed by atoms with Crippen LogP contribution in [0.15, 0.2) is 52.8 Å². The maximum atomic E-state index is 13.2. The molecule has 2 aromatic rings. The second-order valence-electron chi connectivity index (χ2n) is 6.58.